The Labute approximate surface area is 169 Å². The van der Waals surface area contributed by atoms with Crippen LogP contribution in [0.15, 0.2) is 76.0 Å². The number of phenols is 1. The van der Waals surface area contributed by atoms with Gasteiger partial charge >= 0.3 is 0 Å². The lowest BCUT2D eigenvalue weighted by Gasteiger charge is -2.25. The second-order valence-corrected chi connectivity index (χ2v) is 7.34. The summed E-state index contributed by atoms with van der Waals surface area (Å²) in [5.41, 5.74) is 3.70. The molecule has 1 amide bonds. The van der Waals surface area contributed by atoms with E-state index in [4.69, 9.17) is 4.42 Å². The van der Waals surface area contributed by atoms with Crippen LogP contribution in [0.4, 0.5) is 5.69 Å². The topological polar surface area (TPSA) is 66.0 Å². The van der Waals surface area contributed by atoms with Gasteiger partial charge in [0, 0.05) is 11.6 Å². The van der Waals surface area contributed by atoms with Crippen molar-refractivity contribution >= 4 is 23.5 Å². The molecule has 0 unspecified atom stereocenters. The first-order chi connectivity index (χ1) is 14.0. The van der Waals surface area contributed by atoms with Crippen LogP contribution in [0.1, 0.15) is 42.2 Å². The number of amidine groups is 1. The van der Waals surface area contributed by atoms with E-state index in [1.54, 1.807) is 30.5 Å². The average molecular weight is 386 g/mol. The first kappa shape index (κ1) is 18.7. The number of aliphatic imine (C=N–C) groups is 1. The summed E-state index contributed by atoms with van der Waals surface area (Å²) in [6.07, 6.45) is 3.26. The lowest BCUT2D eigenvalue weighted by molar-refractivity contribution is -0.113. The van der Waals surface area contributed by atoms with E-state index in [1.165, 1.54) is 0 Å². The molecule has 0 bridgehead atoms. The number of amides is 1. The maximum atomic E-state index is 12.9. The van der Waals surface area contributed by atoms with Crippen molar-refractivity contribution in [2.24, 2.45) is 4.99 Å². The molecule has 5 nitrogen and oxygen atoms in total. The molecule has 1 N–H and O–H groups in total. The van der Waals surface area contributed by atoms with Crippen LogP contribution in [-0.4, -0.2) is 16.8 Å². The first-order valence-electron chi connectivity index (χ1n) is 9.53. The molecule has 3 aromatic rings. The zero-order valence-electron chi connectivity index (χ0n) is 16.6. The highest BCUT2D eigenvalue weighted by Gasteiger charge is 2.33. The molecule has 1 aliphatic heterocycles. The second-order valence-electron chi connectivity index (χ2n) is 7.34. The lowest BCUT2D eigenvalue weighted by atomic mass is 9.98. The van der Waals surface area contributed by atoms with Gasteiger partial charge < -0.3 is 9.52 Å². The summed E-state index contributed by atoms with van der Waals surface area (Å²) < 4.78 is 5.43. The number of carbonyl (C=O) groups is 1. The van der Waals surface area contributed by atoms with Crippen LogP contribution >= 0.6 is 0 Å². The molecule has 1 aromatic heterocycles. The van der Waals surface area contributed by atoms with Crippen LogP contribution in [0.3, 0.4) is 0 Å². The minimum atomic E-state index is -0.334. The number of hydrogen-bond acceptors (Lipinski definition) is 4. The number of rotatable bonds is 4. The van der Waals surface area contributed by atoms with Gasteiger partial charge in [0.2, 0.25) is 0 Å². The Morgan fingerprint density at radius 3 is 2.52 bits per heavy atom. The summed E-state index contributed by atoms with van der Waals surface area (Å²) >= 11 is 0. The average Bonchev–Trinajstić information content (AvgIpc) is 3.31. The summed E-state index contributed by atoms with van der Waals surface area (Å²) in [7, 11) is 0. The standard InChI is InChI=1S/C24H22N2O3/c1-15(2)19-14-20(16(3)12-22(19)27)26-21(13-18-10-7-11-29-18)24(28)25-23(26)17-8-5-4-6-9-17/h4-15,27H,1-3H3/b21-13+. The molecule has 1 aliphatic rings. The number of carbonyl (C=O) groups excluding carboxylic acids is 1. The van der Waals surface area contributed by atoms with Crippen LogP contribution in [0, 0.1) is 6.92 Å². The van der Waals surface area contributed by atoms with E-state index < -0.39 is 0 Å². The van der Waals surface area contributed by atoms with Gasteiger partial charge in [-0.15, -0.1) is 0 Å². The van der Waals surface area contributed by atoms with Crippen molar-refractivity contribution in [3.8, 4) is 5.75 Å². The van der Waals surface area contributed by atoms with Gasteiger partial charge in [0.15, 0.2) is 0 Å². The molecule has 0 atom stereocenters. The van der Waals surface area contributed by atoms with Crippen LogP contribution in [-0.2, 0) is 4.79 Å². The van der Waals surface area contributed by atoms with E-state index in [0.29, 0.717) is 17.3 Å². The van der Waals surface area contributed by atoms with Gasteiger partial charge in [-0.3, -0.25) is 9.69 Å². The van der Waals surface area contributed by atoms with E-state index in [0.717, 1.165) is 22.4 Å². The number of furan rings is 1. The SMILES string of the molecule is Cc1cc(O)c(C(C)C)cc1N1C(c2ccccc2)=NC(=O)/C1=C\c1ccco1. The Morgan fingerprint density at radius 1 is 1.10 bits per heavy atom. The number of nitrogens with zero attached hydrogens (tertiary/aromatic N) is 2. The molecule has 0 saturated carbocycles. The van der Waals surface area contributed by atoms with Crippen molar-refractivity contribution in [2.75, 3.05) is 4.90 Å². The Balaban J connectivity index is 1.93. The van der Waals surface area contributed by atoms with Gasteiger partial charge in [0.1, 0.15) is 23.0 Å². The number of benzene rings is 2. The minimum Gasteiger partial charge on any atom is -0.508 e. The molecule has 2 aromatic carbocycles. The summed E-state index contributed by atoms with van der Waals surface area (Å²) in [4.78, 5) is 19.1. The van der Waals surface area contributed by atoms with Gasteiger partial charge in [-0.2, -0.15) is 4.99 Å². The third kappa shape index (κ3) is 3.47. The maximum absolute atomic E-state index is 12.9. The highest BCUT2D eigenvalue weighted by Crippen LogP contribution is 2.37. The fourth-order valence-corrected chi connectivity index (χ4v) is 3.47. The van der Waals surface area contributed by atoms with Gasteiger partial charge in [0.05, 0.1) is 12.0 Å². The van der Waals surface area contributed by atoms with Crippen molar-refractivity contribution in [3.05, 3.63) is 89.0 Å². The molecule has 29 heavy (non-hydrogen) atoms. The minimum absolute atomic E-state index is 0.127. The zero-order chi connectivity index (χ0) is 20.5. The fourth-order valence-electron chi connectivity index (χ4n) is 3.47. The van der Waals surface area contributed by atoms with Crippen molar-refractivity contribution in [1.29, 1.82) is 0 Å². The summed E-state index contributed by atoms with van der Waals surface area (Å²) in [6.45, 7) is 5.96. The normalized spacial score (nSPS) is 15.4. The van der Waals surface area contributed by atoms with E-state index in [9.17, 15) is 9.90 Å². The molecule has 0 aliphatic carbocycles. The summed E-state index contributed by atoms with van der Waals surface area (Å²) in [6, 6.07) is 16.8. The highest BCUT2D eigenvalue weighted by molar-refractivity contribution is 6.28. The molecular weight excluding hydrogens is 364 g/mol. The van der Waals surface area contributed by atoms with E-state index in [1.807, 2.05) is 62.1 Å². The monoisotopic (exact) mass is 386 g/mol. The van der Waals surface area contributed by atoms with Crippen LogP contribution in [0.25, 0.3) is 6.08 Å². The van der Waals surface area contributed by atoms with Crippen molar-refractivity contribution in [2.45, 2.75) is 26.7 Å². The quantitative estimate of drug-likeness (QED) is 0.622. The first-order valence-corrected chi connectivity index (χ1v) is 9.53. The second kappa shape index (κ2) is 7.43. The molecule has 0 spiro atoms. The number of anilines is 1. The van der Waals surface area contributed by atoms with E-state index >= 15 is 0 Å². The number of phenolic OH excluding ortho intramolecular Hbond substituents is 1. The predicted molar refractivity (Wildman–Crippen MR) is 114 cm³/mol. The molecule has 146 valence electrons. The molecule has 0 saturated heterocycles. The largest absolute Gasteiger partial charge is 0.508 e. The van der Waals surface area contributed by atoms with Crippen molar-refractivity contribution < 1.29 is 14.3 Å². The van der Waals surface area contributed by atoms with Gasteiger partial charge in [0.25, 0.3) is 5.91 Å². The number of aryl methyl sites for hydroxylation is 1. The maximum Gasteiger partial charge on any atom is 0.296 e. The van der Waals surface area contributed by atoms with E-state index in [2.05, 4.69) is 4.99 Å². The zero-order valence-corrected chi connectivity index (χ0v) is 16.6. The predicted octanol–water partition coefficient (Wildman–Crippen LogP) is 5.25. The lowest BCUT2D eigenvalue weighted by Crippen LogP contribution is -2.28. The van der Waals surface area contributed by atoms with Crippen molar-refractivity contribution in [1.82, 2.24) is 0 Å². The van der Waals surface area contributed by atoms with Gasteiger partial charge in [-0.1, -0.05) is 44.2 Å². The molecule has 0 fully saturated rings. The fraction of sp³-hybridized carbons (Fsp3) is 0.167. The smallest absolute Gasteiger partial charge is 0.296 e. The highest BCUT2D eigenvalue weighted by atomic mass is 16.3. The van der Waals surface area contributed by atoms with Gasteiger partial charge in [-0.25, -0.2) is 0 Å². The molecule has 5 heteroatoms. The van der Waals surface area contributed by atoms with Crippen molar-refractivity contribution in [3.63, 3.8) is 0 Å². The Morgan fingerprint density at radius 2 is 1.86 bits per heavy atom. The summed E-state index contributed by atoms with van der Waals surface area (Å²) in [5, 5.41) is 10.4. The van der Waals surface area contributed by atoms with Crippen LogP contribution < -0.4 is 4.90 Å². The Hall–Kier alpha value is -3.60. The third-order valence-corrected chi connectivity index (χ3v) is 4.94. The van der Waals surface area contributed by atoms with Crippen LogP contribution in [0.2, 0.25) is 0 Å². The molecular formula is C24H22N2O3. The summed E-state index contributed by atoms with van der Waals surface area (Å²) in [5.74, 6) is 1.17. The molecule has 2 heterocycles. The molecule has 4 rings (SSSR count). The Kier molecular flexibility index (Phi) is 4.80. The van der Waals surface area contributed by atoms with Gasteiger partial charge in [-0.05, 0) is 48.2 Å². The van der Waals surface area contributed by atoms with E-state index in [-0.39, 0.29) is 17.6 Å². The Bertz CT molecular complexity index is 1110. The van der Waals surface area contributed by atoms with Crippen LogP contribution in [0.5, 0.6) is 5.75 Å². The number of hydrogen-bond donors (Lipinski definition) is 1. The number of aromatic hydroxyl groups is 1. The third-order valence-electron chi connectivity index (χ3n) is 4.94. The molecule has 0 radical (unpaired) electrons.